The second-order valence-corrected chi connectivity index (χ2v) is 10.4. The van der Waals surface area contributed by atoms with Gasteiger partial charge in [0.15, 0.2) is 0 Å². The largest absolute Gasteiger partial charge is 0.365 e. The molecule has 0 amide bonds. The molecular weight excluding hydrogens is 324 g/mol. The Kier molecular flexibility index (Phi) is 3.30. The van der Waals surface area contributed by atoms with Crippen LogP contribution in [-0.2, 0) is 5.41 Å². The van der Waals surface area contributed by atoms with Crippen LogP contribution in [0.2, 0.25) is 0 Å². The molecule has 5 aliphatic rings. The molecule has 5 atom stereocenters. The van der Waals surface area contributed by atoms with Crippen molar-refractivity contribution in [2.75, 3.05) is 13.1 Å². The molecule has 0 radical (unpaired) electrons. The number of nitrogens with zero attached hydrogens (tertiary/aromatic N) is 1. The molecule has 4 aliphatic carbocycles. The fraction of sp³-hybridized carbons (Fsp3) is 0.682. The lowest BCUT2D eigenvalue weighted by molar-refractivity contribution is 0.137. The van der Waals surface area contributed by atoms with E-state index in [0.29, 0.717) is 16.9 Å². The van der Waals surface area contributed by atoms with Crippen LogP contribution in [0.5, 0.6) is 0 Å². The van der Waals surface area contributed by atoms with Gasteiger partial charge in [-0.1, -0.05) is 56.4 Å². The van der Waals surface area contributed by atoms with Gasteiger partial charge in [0.2, 0.25) is 0 Å². The maximum Gasteiger partial charge on any atom is 0.0845 e. The van der Waals surface area contributed by atoms with Crippen LogP contribution in [0.4, 0.5) is 0 Å². The molecule has 1 aromatic carbocycles. The molecule has 4 unspecified atom stereocenters. The molecule has 0 aromatic heterocycles. The van der Waals surface area contributed by atoms with Crippen LogP contribution in [-0.4, -0.2) is 29.0 Å². The van der Waals surface area contributed by atoms with Gasteiger partial charge in [-0.3, -0.25) is 0 Å². The molecule has 2 N–H and O–H groups in total. The summed E-state index contributed by atoms with van der Waals surface area (Å²) in [5, 5.41) is 0. The third-order valence-corrected chi connectivity index (χ3v) is 9.02. The highest BCUT2D eigenvalue weighted by Crippen LogP contribution is 2.76. The summed E-state index contributed by atoms with van der Waals surface area (Å²) in [7, 11) is 0. The van der Waals surface area contributed by atoms with Gasteiger partial charge in [0.05, 0.1) is 4.99 Å². The quantitative estimate of drug-likeness (QED) is 0.810. The third kappa shape index (κ3) is 2.03. The first kappa shape index (κ1) is 16.3. The van der Waals surface area contributed by atoms with Crippen LogP contribution in [0, 0.1) is 22.7 Å². The normalized spacial score (nSPS) is 43.8. The molecule has 2 nitrogen and oxygen atoms in total. The first-order valence-electron chi connectivity index (χ1n) is 9.98. The molecule has 25 heavy (non-hydrogen) atoms. The Balaban J connectivity index is 1.44. The van der Waals surface area contributed by atoms with E-state index in [4.69, 9.17) is 18.0 Å². The van der Waals surface area contributed by atoms with Gasteiger partial charge in [-0.05, 0) is 60.3 Å². The standard InChI is InChI=1S/C22H30N2S/c1-20(2)14-24(9-8-18(20)23)19(25)22-12-16-10-17(22)11-21(16,13-22)15-6-4-3-5-7-15/h3-7,16-18H,8-14,23H2,1-2H3/t16?,17?,18-,21?,22?/m0/s1. The summed E-state index contributed by atoms with van der Waals surface area (Å²) in [5.41, 5.74) is 8.82. The summed E-state index contributed by atoms with van der Waals surface area (Å²) in [6.07, 6.45) is 6.45. The Labute approximate surface area is 157 Å². The van der Waals surface area contributed by atoms with Crippen molar-refractivity contribution in [3.05, 3.63) is 35.9 Å². The molecule has 1 heterocycles. The van der Waals surface area contributed by atoms with Crippen molar-refractivity contribution in [1.82, 2.24) is 4.90 Å². The van der Waals surface area contributed by atoms with Crippen molar-refractivity contribution in [2.24, 2.45) is 28.4 Å². The van der Waals surface area contributed by atoms with Crippen LogP contribution in [0.25, 0.3) is 0 Å². The van der Waals surface area contributed by atoms with E-state index in [1.807, 2.05) is 0 Å². The van der Waals surface area contributed by atoms with Crippen LogP contribution in [0.15, 0.2) is 30.3 Å². The second-order valence-electron chi connectivity index (χ2n) is 10.0. The van der Waals surface area contributed by atoms with Gasteiger partial charge < -0.3 is 10.6 Å². The second kappa shape index (κ2) is 5.07. The number of piperidine rings is 1. The minimum absolute atomic E-state index is 0.162. The molecule has 134 valence electrons. The van der Waals surface area contributed by atoms with Crippen LogP contribution >= 0.6 is 12.2 Å². The van der Waals surface area contributed by atoms with Gasteiger partial charge in [0, 0.05) is 24.5 Å². The number of benzene rings is 1. The van der Waals surface area contributed by atoms with E-state index >= 15 is 0 Å². The van der Waals surface area contributed by atoms with E-state index < -0.39 is 0 Å². The summed E-state index contributed by atoms with van der Waals surface area (Å²) in [4.78, 5) is 3.83. The number of hydrogen-bond acceptors (Lipinski definition) is 2. The lowest BCUT2D eigenvalue weighted by Crippen LogP contribution is -2.56. The predicted octanol–water partition coefficient (Wildman–Crippen LogP) is 4.13. The predicted molar refractivity (Wildman–Crippen MR) is 107 cm³/mol. The number of likely N-dealkylation sites (tertiary alicyclic amines) is 1. The zero-order valence-corrected chi connectivity index (χ0v) is 16.3. The Morgan fingerprint density at radius 2 is 1.92 bits per heavy atom. The van der Waals surface area contributed by atoms with Crippen molar-refractivity contribution < 1.29 is 0 Å². The Bertz CT molecular complexity index is 714. The van der Waals surface area contributed by atoms with Gasteiger partial charge in [0.25, 0.3) is 0 Å². The summed E-state index contributed by atoms with van der Waals surface area (Å²) < 4.78 is 0. The summed E-state index contributed by atoms with van der Waals surface area (Å²) in [5.74, 6) is 1.65. The fourth-order valence-corrected chi connectivity index (χ4v) is 7.46. The maximum atomic E-state index is 6.36. The van der Waals surface area contributed by atoms with Gasteiger partial charge in [-0.2, -0.15) is 0 Å². The van der Waals surface area contributed by atoms with E-state index in [1.165, 1.54) is 30.7 Å². The van der Waals surface area contributed by atoms with Gasteiger partial charge in [0.1, 0.15) is 0 Å². The highest BCUT2D eigenvalue weighted by Gasteiger charge is 2.72. The fourth-order valence-electron chi connectivity index (χ4n) is 6.99. The monoisotopic (exact) mass is 354 g/mol. The zero-order valence-electron chi connectivity index (χ0n) is 15.5. The molecule has 4 bridgehead atoms. The molecule has 5 fully saturated rings. The Morgan fingerprint density at radius 1 is 1.16 bits per heavy atom. The lowest BCUT2D eigenvalue weighted by atomic mass is 9.74. The molecule has 6 rings (SSSR count). The number of nitrogens with two attached hydrogens (primary N) is 1. The van der Waals surface area contributed by atoms with Crippen molar-refractivity contribution in [3.8, 4) is 0 Å². The van der Waals surface area contributed by atoms with Crippen LogP contribution in [0.3, 0.4) is 0 Å². The van der Waals surface area contributed by atoms with Crippen LogP contribution in [0.1, 0.15) is 51.5 Å². The average Bonchev–Trinajstić information content (AvgIpc) is 3.30. The minimum atomic E-state index is 0.162. The van der Waals surface area contributed by atoms with E-state index in [0.717, 1.165) is 31.3 Å². The molecule has 0 spiro atoms. The minimum Gasteiger partial charge on any atom is -0.365 e. The number of hydrogen-bond donors (Lipinski definition) is 1. The Hall–Kier alpha value is -0.930. The highest BCUT2D eigenvalue weighted by atomic mass is 32.1. The highest BCUT2D eigenvalue weighted by molar-refractivity contribution is 7.80. The maximum absolute atomic E-state index is 6.36. The molecule has 1 aliphatic heterocycles. The third-order valence-electron chi connectivity index (χ3n) is 8.36. The lowest BCUT2D eigenvalue weighted by Gasteiger charge is -2.47. The first-order valence-corrected chi connectivity index (χ1v) is 10.4. The van der Waals surface area contributed by atoms with Crippen molar-refractivity contribution in [1.29, 1.82) is 0 Å². The molecular formula is C22H30N2S. The van der Waals surface area contributed by atoms with E-state index in [-0.39, 0.29) is 5.41 Å². The van der Waals surface area contributed by atoms with E-state index in [9.17, 15) is 0 Å². The van der Waals surface area contributed by atoms with Crippen LogP contribution < -0.4 is 5.73 Å². The zero-order chi connectivity index (χ0) is 17.4. The first-order chi connectivity index (χ1) is 11.9. The van der Waals surface area contributed by atoms with Crippen molar-refractivity contribution in [3.63, 3.8) is 0 Å². The van der Waals surface area contributed by atoms with E-state index in [2.05, 4.69) is 49.1 Å². The van der Waals surface area contributed by atoms with Gasteiger partial charge >= 0.3 is 0 Å². The number of thiocarbonyl (C=S) groups is 1. The number of rotatable bonds is 2. The van der Waals surface area contributed by atoms with Gasteiger partial charge in [-0.15, -0.1) is 0 Å². The summed E-state index contributed by atoms with van der Waals surface area (Å²) in [6, 6.07) is 11.6. The topological polar surface area (TPSA) is 29.3 Å². The molecule has 4 saturated carbocycles. The molecule has 1 saturated heterocycles. The smallest absolute Gasteiger partial charge is 0.0845 e. The average molecular weight is 355 g/mol. The van der Waals surface area contributed by atoms with Gasteiger partial charge in [-0.25, -0.2) is 0 Å². The SMILES string of the molecule is CC1(C)CN(C(=S)C23CC4CC2CC4(c2ccccc2)C3)CC[C@@H]1N. The van der Waals surface area contributed by atoms with Crippen molar-refractivity contribution in [2.45, 2.75) is 57.4 Å². The Morgan fingerprint density at radius 3 is 2.56 bits per heavy atom. The summed E-state index contributed by atoms with van der Waals surface area (Å²) in [6.45, 7) is 6.70. The molecule has 3 heteroatoms. The molecule has 1 aromatic rings. The van der Waals surface area contributed by atoms with Crippen molar-refractivity contribution >= 4 is 17.2 Å². The summed E-state index contributed by atoms with van der Waals surface area (Å²) >= 11 is 6.20. The van der Waals surface area contributed by atoms with E-state index in [1.54, 1.807) is 5.56 Å².